The summed E-state index contributed by atoms with van der Waals surface area (Å²) in [6.07, 6.45) is 2.57. The fraction of sp³-hybridized carbons (Fsp3) is 0.435. The lowest BCUT2D eigenvalue weighted by Crippen LogP contribution is -2.63. The van der Waals surface area contributed by atoms with E-state index in [0.717, 1.165) is 23.3 Å². The number of hydrogen-bond acceptors (Lipinski definition) is 5. The third-order valence-corrected chi connectivity index (χ3v) is 6.29. The predicted octanol–water partition coefficient (Wildman–Crippen LogP) is 3.26. The topological polar surface area (TPSA) is 66.9 Å². The first-order valence-corrected chi connectivity index (χ1v) is 11.2. The third kappa shape index (κ3) is 5.08. The second kappa shape index (κ2) is 10.4. The maximum atomic E-state index is 13.6. The number of benzene rings is 1. The summed E-state index contributed by atoms with van der Waals surface area (Å²) in [5.41, 5.74) is 0.977. The van der Waals surface area contributed by atoms with Crippen molar-refractivity contribution in [3.8, 4) is 0 Å². The minimum atomic E-state index is -0.728. The van der Waals surface area contributed by atoms with E-state index in [1.165, 1.54) is 12.0 Å². The number of rotatable bonds is 9. The second-order valence-electron chi connectivity index (χ2n) is 7.45. The van der Waals surface area contributed by atoms with Crippen molar-refractivity contribution in [2.45, 2.75) is 51.2 Å². The molecule has 0 bridgehead atoms. The van der Waals surface area contributed by atoms with Gasteiger partial charge in [-0.2, -0.15) is 0 Å². The number of esters is 1. The molecule has 1 aromatic carbocycles. The molecule has 0 spiro atoms. The lowest BCUT2D eigenvalue weighted by molar-refractivity contribution is -0.165. The highest BCUT2D eigenvalue weighted by atomic mass is 32.1. The van der Waals surface area contributed by atoms with Crippen LogP contribution in [0.3, 0.4) is 0 Å². The Morgan fingerprint density at radius 2 is 1.97 bits per heavy atom. The van der Waals surface area contributed by atoms with Crippen LogP contribution in [0, 0.1) is 0 Å². The van der Waals surface area contributed by atoms with Crippen LogP contribution in [-0.4, -0.2) is 53.3 Å². The van der Waals surface area contributed by atoms with E-state index < -0.39 is 18.1 Å². The van der Waals surface area contributed by atoms with Crippen LogP contribution >= 0.6 is 11.3 Å². The first-order valence-electron chi connectivity index (χ1n) is 10.3. The molecule has 1 fully saturated rings. The number of piperazine rings is 1. The lowest BCUT2D eigenvalue weighted by Gasteiger charge is -2.42. The number of nitrogens with zero attached hydrogens (tertiary/aromatic N) is 2. The van der Waals surface area contributed by atoms with Gasteiger partial charge in [-0.1, -0.05) is 56.2 Å². The van der Waals surface area contributed by atoms with Gasteiger partial charge in [-0.3, -0.25) is 9.59 Å². The lowest BCUT2D eigenvalue weighted by atomic mass is 9.98. The minimum absolute atomic E-state index is 0.0982. The molecule has 1 aromatic heterocycles. The number of thiophene rings is 1. The molecule has 2 atom stereocenters. The molecular weight excluding hydrogens is 400 g/mol. The van der Waals surface area contributed by atoms with Gasteiger partial charge in [0.05, 0.1) is 13.7 Å². The maximum absolute atomic E-state index is 13.6. The number of carbonyl (C=O) groups is 3. The second-order valence-corrected chi connectivity index (χ2v) is 8.49. The highest BCUT2D eigenvalue weighted by Gasteiger charge is 2.44. The summed E-state index contributed by atoms with van der Waals surface area (Å²) < 4.78 is 4.96. The monoisotopic (exact) mass is 428 g/mol. The molecule has 0 saturated carbocycles. The van der Waals surface area contributed by atoms with E-state index in [1.54, 1.807) is 16.2 Å². The van der Waals surface area contributed by atoms with Crippen LogP contribution in [0.4, 0.5) is 0 Å². The first kappa shape index (κ1) is 22.0. The number of hydrogen-bond donors (Lipinski definition) is 0. The molecule has 2 amide bonds. The van der Waals surface area contributed by atoms with E-state index in [0.29, 0.717) is 19.4 Å². The molecule has 3 rings (SSSR count). The molecule has 2 heterocycles. The van der Waals surface area contributed by atoms with Crippen LogP contribution in [0.5, 0.6) is 0 Å². The smallest absolute Gasteiger partial charge is 0.328 e. The Labute approximate surface area is 181 Å². The first-order chi connectivity index (χ1) is 14.5. The molecule has 7 heteroatoms. The van der Waals surface area contributed by atoms with E-state index >= 15 is 0 Å². The Hall–Kier alpha value is -2.67. The molecule has 2 aromatic rings. The van der Waals surface area contributed by atoms with Crippen molar-refractivity contribution in [3.05, 3.63) is 58.3 Å². The summed E-state index contributed by atoms with van der Waals surface area (Å²) in [7, 11) is 1.32. The number of amides is 2. The third-order valence-electron chi connectivity index (χ3n) is 5.43. The van der Waals surface area contributed by atoms with Crippen molar-refractivity contribution < 1.29 is 19.1 Å². The molecule has 1 aliphatic rings. The summed E-state index contributed by atoms with van der Waals surface area (Å²) in [5.74, 6) is -0.800. The molecule has 0 N–H and O–H groups in total. The van der Waals surface area contributed by atoms with Crippen LogP contribution in [0.2, 0.25) is 0 Å². The number of carbonyl (C=O) groups excluding carboxylic acids is 3. The van der Waals surface area contributed by atoms with Gasteiger partial charge in [0, 0.05) is 11.3 Å². The Morgan fingerprint density at radius 1 is 1.20 bits per heavy atom. The maximum Gasteiger partial charge on any atom is 0.328 e. The zero-order valence-electron chi connectivity index (χ0n) is 17.5. The SMILES string of the molecule is CCCC[C@@H](C(=O)OC)N1CC(=O)N(Cc2cccs2)[C@@H](Cc2ccccc2)C1=O. The molecule has 6 nitrogen and oxygen atoms in total. The van der Waals surface area contributed by atoms with Crippen LogP contribution < -0.4 is 0 Å². The quantitative estimate of drug-likeness (QED) is 0.575. The van der Waals surface area contributed by atoms with Gasteiger partial charge in [0.2, 0.25) is 11.8 Å². The number of methoxy groups -OCH3 is 1. The standard InChI is InChI=1S/C23H28N2O4S/c1-3-4-12-19(23(28)29-2)25-16-21(26)24(15-18-11-8-13-30-18)20(22(25)27)14-17-9-6-5-7-10-17/h5-11,13,19-20H,3-4,12,14-16H2,1-2H3/t19-,20-/m0/s1. The van der Waals surface area contributed by atoms with E-state index in [4.69, 9.17) is 4.74 Å². The van der Waals surface area contributed by atoms with Crippen LogP contribution in [-0.2, 0) is 32.1 Å². The molecule has 0 aliphatic carbocycles. The van der Waals surface area contributed by atoms with E-state index in [-0.39, 0.29) is 18.4 Å². The summed E-state index contributed by atoms with van der Waals surface area (Å²) in [4.78, 5) is 43.3. The van der Waals surface area contributed by atoms with Gasteiger partial charge in [-0.25, -0.2) is 4.79 Å². The fourth-order valence-electron chi connectivity index (χ4n) is 3.81. The van der Waals surface area contributed by atoms with Crippen molar-refractivity contribution in [1.82, 2.24) is 9.80 Å². The van der Waals surface area contributed by atoms with Gasteiger partial charge in [0.15, 0.2) is 0 Å². The average Bonchev–Trinajstić information content (AvgIpc) is 3.27. The van der Waals surface area contributed by atoms with E-state index in [9.17, 15) is 14.4 Å². The highest BCUT2D eigenvalue weighted by Crippen LogP contribution is 2.25. The summed E-state index contributed by atoms with van der Waals surface area (Å²) in [6.45, 7) is 2.32. The summed E-state index contributed by atoms with van der Waals surface area (Å²) >= 11 is 1.56. The largest absolute Gasteiger partial charge is 0.467 e. The number of ether oxygens (including phenoxy) is 1. The van der Waals surface area contributed by atoms with Gasteiger partial charge in [-0.15, -0.1) is 11.3 Å². The molecule has 160 valence electrons. The number of unbranched alkanes of at least 4 members (excludes halogenated alkanes) is 1. The summed E-state index contributed by atoms with van der Waals surface area (Å²) in [5, 5.41) is 1.96. The van der Waals surface area contributed by atoms with Gasteiger partial charge in [0.1, 0.15) is 18.6 Å². The van der Waals surface area contributed by atoms with Crippen molar-refractivity contribution in [1.29, 1.82) is 0 Å². The Morgan fingerprint density at radius 3 is 2.60 bits per heavy atom. The van der Waals surface area contributed by atoms with Gasteiger partial charge >= 0.3 is 5.97 Å². The molecule has 0 unspecified atom stereocenters. The van der Waals surface area contributed by atoms with Crippen molar-refractivity contribution in [2.75, 3.05) is 13.7 Å². The Kier molecular flexibility index (Phi) is 7.63. The predicted molar refractivity (Wildman–Crippen MR) is 116 cm³/mol. The Balaban J connectivity index is 1.90. The van der Waals surface area contributed by atoms with E-state index in [1.807, 2.05) is 54.8 Å². The van der Waals surface area contributed by atoms with Gasteiger partial charge < -0.3 is 14.5 Å². The highest BCUT2D eigenvalue weighted by molar-refractivity contribution is 7.09. The normalized spacial score (nSPS) is 17.9. The zero-order chi connectivity index (χ0) is 21.5. The van der Waals surface area contributed by atoms with Crippen LogP contribution in [0.15, 0.2) is 47.8 Å². The molecule has 0 radical (unpaired) electrons. The molecular formula is C23H28N2O4S. The van der Waals surface area contributed by atoms with Crippen LogP contribution in [0.1, 0.15) is 36.6 Å². The Bertz CT molecular complexity index is 853. The summed E-state index contributed by atoms with van der Waals surface area (Å²) in [6, 6.07) is 12.2. The van der Waals surface area contributed by atoms with Gasteiger partial charge in [0.25, 0.3) is 0 Å². The van der Waals surface area contributed by atoms with Gasteiger partial charge in [-0.05, 0) is 23.4 Å². The minimum Gasteiger partial charge on any atom is -0.467 e. The average molecular weight is 429 g/mol. The zero-order valence-corrected chi connectivity index (χ0v) is 18.3. The van der Waals surface area contributed by atoms with Crippen molar-refractivity contribution >= 4 is 29.1 Å². The van der Waals surface area contributed by atoms with Crippen molar-refractivity contribution in [2.24, 2.45) is 0 Å². The van der Waals surface area contributed by atoms with E-state index in [2.05, 4.69) is 0 Å². The van der Waals surface area contributed by atoms with Crippen LogP contribution in [0.25, 0.3) is 0 Å². The molecule has 1 aliphatic heterocycles. The van der Waals surface area contributed by atoms with Crippen molar-refractivity contribution in [3.63, 3.8) is 0 Å². The molecule has 1 saturated heterocycles. The fourth-order valence-corrected chi connectivity index (χ4v) is 4.52. The molecule has 30 heavy (non-hydrogen) atoms.